The van der Waals surface area contributed by atoms with E-state index in [0.29, 0.717) is 23.0 Å². The van der Waals surface area contributed by atoms with Crippen molar-refractivity contribution >= 4 is 17.4 Å². The quantitative estimate of drug-likeness (QED) is 0.796. The van der Waals surface area contributed by atoms with Crippen molar-refractivity contribution in [1.82, 2.24) is 14.9 Å². The summed E-state index contributed by atoms with van der Waals surface area (Å²) in [5, 5.41) is 6.59. The van der Waals surface area contributed by atoms with E-state index in [1.165, 1.54) is 0 Å². The van der Waals surface area contributed by atoms with Crippen molar-refractivity contribution in [1.29, 1.82) is 0 Å². The zero-order valence-electron chi connectivity index (χ0n) is 8.00. The Hall–Kier alpha value is -0.970. The maximum absolute atomic E-state index is 11.5. The summed E-state index contributed by atoms with van der Waals surface area (Å²) >= 11 is 1.14. The number of nitrogens with zero attached hydrogens (tertiary/aromatic N) is 2. The first-order chi connectivity index (χ1) is 6.11. The molecule has 0 fully saturated rings. The number of nitrogens with one attached hydrogen (secondary N) is 1. The predicted molar refractivity (Wildman–Crippen MR) is 51.8 cm³/mol. The third kappa shape index (κ3) is 2.77. The third-order valence-electron chi connectivity index (χ3n) is 1.53. The van der Waals surface area contributed by atoms with Crippen molar-refractivity contribution in [3.05, 3.63) is 10.6 Å². The number of aryl methyl sites for hydroxylation is 1. The Morgan fingerprint density at radius 2 is 2.31 bits per heavy atom. The lowest BCUT2D eigenvalue weighted by atomic mass is 10.2. The van der Waals surface area contributed by atoms with Crippen LogP contribution in [0.2, 0.25) is 0 Å². The van der Waals surface area contributed by atoms with E-state index in [1.807, 2.05) is 0 Å². The molecule has 0 bridgehead atoms. The monoisotopic (exact) mass is 199 g/mol. The molecule has 1 amide bonds. The molecule has 1 N–H and O–H groups in total. The maximum Gasteiger partial charge on any atom is 0.264 e. The highest BCUT2D eigenvalue weighted by Crippen LogP contribution is 2.08. The number of hydrogen-bond acceptors (Lipinski definition) is 4. The van der Waals surface area contributed by atoms with Crippen molar-refractivity contribution in [2.24, 2.45) is 5.92 Å². The first kappa shape index (κ1) is 10.1. The molecule has 0 saturated heterocycles. The summed E-state index contributed by atoms with van der Waals surface area (Å²) in [7, 11) is 0. The molecule has 1 aromatic heterocycles. The van der Waals surface area contributed by atoms with Gasteiger partial charge in [0.2, 0.25) is 0 Å². The summed E-state index contributed by atoms with van der Waals surface area (Å²) < 4.78 is 3.70. The SMILES string of the molecule is Cc1nnsc1C(=O)NCC(C)C. The molecular formula is C8H13N3OS. The molecule has 0 aliphatic rings. The van der Waals surface area contributed by atoms with Crippen LogP contribution in [-0.4, -0.2) is 22.0 Å². The molecule has 4 nitrogen and oxygen atoms in total. The van der Waals surface area contributed by atoms with E-state index < -0.39 is 0 Å². The third-order valence-corrected chi connectivity index (χ3v) is 2.36. The molecule has 1 aromatic rings. The second-order valence-corrected chi connectivity index (χ2v) is 4.05. The topological polar surface area (TPSA) is 54.9 Å². The molecule has 0 aliphatic heterocycles. The Balaban J connectivity index is 2.54. The summed E-state index contributed by atoms with van der Waals surface area (Å²) in [4.78, 5) is 12.1. The van der Waals surface area contributed by atoms with Crippen LogP contribution in [0.4, 0.5) is 0 Å². The predicted octanol–water partition coefficient (Wildman–Crippen LogP) is 1.23. The van der Waals surface area contributed by atoms with Crippen molar-refractivity contribution in [2.75, 3.05) is 6.54 Å². The van der Waals surface area contributed by atoms with Gasteiger partial charge in [-0.15, -0.1) is 5.10 Å². The molecule has 1 rings (SSSR count). The summed E-state index contributed by atoms with van der Waals surface area (Å²) in [5.41, 5.74) is 0.700. The van der Waals surface area contributed by atoms with Gasteiger partial charge in [-0.3, -0.25) is 4.79 Å². The van der Waals surface area contributed by atoms with E-state index >= 15 is 0 Å². The van der Waals surface area contributed by atoms with Crippen molar-refractivity contribution in [3.63, 3.8) is 0 Å². The molecule has 0 unspecified atom stereocenters. The van der Waals surface area contributed by atoms with Gasteiger partial charge in [-0.1, -0.05) is 18.3 Å². The van der Waals surface area contributed by atoms with Gasteiger partial charge in [0.05, 0.1) is 5.69 Å². The smallest absolute Gasteiger partial charge is 0.264 e. The second kappa shape index (κ2) is 4.32. The lowest BCUT2D eigenvalue weighted by Crippen LogP contribution is -2.27. The van der Waals surface area contributed by atoms with Gasteiger partial charge < -0.3 is 5.32 Å². The molecule has 0 spiro atoms. The molecule has 0 aliphatic carbocycles. The fourth-order valence-corrected chi connectivity index (χ4v) is 1.39. The highest BCUT2D eigenvalue weighted by molar-refractivity contribution is 7.07. The summed E-state index contributed by atoms with van der Waals surface area (Å²) in [5.74, 6) is 0.395. The normalized spacial score (nSPS) is 10.5. The maximum atomic E-state index is 11.5. The van der Waals surface area contributed by atoms with Crippen LogP contribution in [0.3, 0.4) is 0 Å². The highest BCUT2D eigenvalue weighted by Gasteiger charge is 2.12. The van der Waals surface area contributed by atoms with Gasteiger partial charge in [-0.25, -0.2) is 0 Å². The van der Waals surface area contributed by atoms with Crippen molar-refractivity contribution in [3.8, 4) is 0 Å². The van der Waals surface area contributed by atoms with Crippen LogP contribution in [0, 0.1) is 12.8 Å². The Labute approximate surface area is 81.5 Å². The average molecular weight is 199 g/mol. The summed E-state index contributed by atoms with van der Waals surface area (Å²) in [6.07, 6.45) is 0. The van der Waals surface area contributed by atoms with Crippen LogP contribution in [0.25, 0.3) is 0 Å². The van der Waals surface area contributed by atoms with Gasteiger partial charge in [0.25, 0.3) is 5.91 Å². The summed E-state index contributed by atoms with van der Waals surface area (Å²) in [6.45, 7) is 6.58. The Bertz CT molecular complexity index is 295. The number of aromatic nitrogens is 2. The highest BCUT2D eigenvalue weighted by atomic mass is 32.1. The lowest BCUT2D eigenvalue weighted by molar-refractivity contribution is 0.0952. The van der Waals surface area contributed by atoms with Gasteiger partial charge in [0, 0.05) is 6.54 Å². The van der Waals surface area contributed by atoms with Crippen molar-refractivity contribution < 1.29 is 4.79 Å². The minimum atomic E-state index is -0.0683. The van der Waals surface area contributed by atoms with Gasteiger partial charge in [0.15, 0.2) is 0 Å². The molecule has 1 heterocycles. The van der Waals surface area contributed by atoms with E-state index in [0.717, 1.165) is 11.5 Å². The van der Waals surface area contributed by atoms with Crippen LogP contribution < -0.4 is 5.32 Å². The molecule has 5 heteroatoms. The number of hydrogen-bond donors (Lipinski definition) is 1. The average Bonchev–Trinajstić information content (AvgIpc) is 2.47. The molecule has 0 aromatic carbocycles. The zero-order valence-corrected chi connectivity index (χ0v) is 8.81. The van der Waals surface area contributed by atoms with E-state index in [1.54, 1.807) is 6.92 Å². The van der Waals surface area contributed by atoms with E-state index in [4.69, 9.17) is 0 Å². The zero-order chi connectivity index (χ0) is 9.84. The van der Waals surface area contributed by atoms with Gasteiger partial charge in [-0.2, -0.15) is 0 Å². The van der Waals surface area contributed by atoms with Crippen LogP contribution in [-0.2, 0) is 0 Å². The number of carbonyl (C=O) groups is 1. The van der Waals surface area contributed by atoms with Crippen LogP contribution in [0.5, 0.6) is 0 Å². The van der Waals surface area contributed by atoms with Crippen molar-refractivity contribution in [2.45, 2.75) is 20.8 Å². The first-order valence-corrected chi connectivity index (χ1v) is 4.95. The molecule has 0 saturated carbocycles. The van der Waals surface area contributed by atoms with Crippen LogP contribution >= 0.6 is 11.5 Å². The molecule has 0 atom stereocenters. The number of amides is 1. The molecule has 13 heavy (non-hydrogen) atoms. The Kier molecular flexibility index (Phi) is 3.36. The van der Waals surface area contributed by atoms with Gasteiger partial charge in [0.1, 0.15) is 4.88 Å². The van der Waals surface area contributed by atoms with Gasteiger partial charge >= 0.3 is 0 Å². The second-order valence-electron chi connectivity index (χ2n) is 3.29. The number of rotatable bonds is 3. The minimum absolute atomic E-state index is 0.0683. The van der Waals surface area contributed by atoms with Gasteiger partial charge in [-0.05, 0) is 24.4 Å². The lowest BCUT2D eigenvalue weighted by Gasteiger charge is -2.05. The van der Waals surface area contributed by atoms with E-state index in [2.05, 4.69) is 28.8 Å². The van der Waals surface area contributed by atoms with E-state index in [9.17, 15) is 4.79 Å². The van der Waals surface area contributed by atoms with E-state index in [-0.39, 0.29) is 5.91 Å². The van der Waals surface area contributed by atoms with Crippen LogP contribution in [0.1, 0.15) is 29.2 Å². The first-order valence-electron chi connectivity index (χ1n) is 4.18. The molecule has 0 radical (unpaired) electrons. The fourth-order valence-electron chi connectivity index (χ4n) is 0.817. The van der Waals surface area contributed by atoms with Crippen LogP contribution in [0.15, 0.2) is 0 Å². The standard InChI is InChI=1S/C8H13N3OS/c1-5(2)4-9-8(12)7-6(3)10-11-13-7/h5H,4H2,1-3H3,(H,9,12). The largest absolute Gasteiger partial charge is 0.351 e. The summed E-state index contributed by atoms with van der Waals surface area (Å²) in [6, 6.07) is 0. The Morgan fingerprint density at radius 3 is 2.77 bits per heavy atom. The molecular weight excluding hydrogens is 186 g/mol. The minimum Gasteiger partial charge on any atom is -0.351 e. The Morgan fingerprint density at radius 1 is 1.62 bits per heavy atom. The number of carbonyl (C=O) groups excluding carboxylic acids is 1. The molecule has 72 valence electrons. The fraction of sp³-hybridized carbons (Fsp3) is 0.625.